The second-order valence-corrected chi connectivity index (χ2v) is 9.69. The molecule has 1 heterocycles. The lowest BCUT2D eigenvalue weighted by atomic mass is 9.88. The van der Waals surface area contributed by atoms with Crippen LogP contribution in [-0.4, -0.2) is 64.4 Å². The molecule has 9 heteroatoms. The summed E-state index contributed by atoms with van der Waals surface area (Å²) in [5.41, 5.74) is 4.30. The van der Waals surface area contributed by atoms with Gasteiger partial charge in [0.1, 0.15) is 0 Å². The molecule has 0 bridgehead atoms. The topological polar surface area (TPSA) is 95.6 Å². The number of nitrogens with one attached hydrogen (secondary N) is 1. The molecule has 0 spiro atoms. The molecule has 0 aromatic heterocycles. The fraction of sp³-hybridized carbons (Fsp3) is 0.375. The Morgan fingerprint density at radius 3 is 2.29 bits per heavy atom. The summed E-state index contributed by atoms with van der Waals surface area (Å²) in [6.07, 6.45) is 1.39. The molecular formula is C32H38N2O7. The predicted octanol–water partition coefficient (Wildman–Crippen LogP) is 4.11. The molecule has 0 fully saturated rings. The molecule has 1 unspecified atom stereocenters. The van der Waals surface area contributed by atoms with Crippen molar-refractivity contribution in [2.75, 3.05) is 47.6 Å². The number of esters is 1. The molecule has 1 amide bonds. The lowest BCUT2D eigenvalue weighted by Gasteiger charge is -2.37. The number of hydrogen-bond donors (Lipinski definition) is 1. The van der Waals surface area contributed by atoms with E-state index in [4.69, 9.17) is 23.7 Å². The van der Waals surface area contributed by atoms with Crippen LogP contribution in [0.25, 0.3) is 0 Å². The van der Waals surface area contributed by atoms with Crippen LogP contribution in [0.1, 0.15) is 35.2 Å². The Hall–Kier alpha value is -4.24. The number of nitrogens with zero attached hydrogens (tertiary/aromatic N) is 1. The first kappa shape index (κ1) is 29.7. The summed E-state index contributed by atoms with van der Waals surface area (Å²) in [6.45, 7) is 3.28. The Kier molecular flexibility index (Phi) is 10.5. The summed E-state index contributed by atoms with van der Waals surface area (Å²) in [5.74, 6) is 1.82. The van der Waals surface area contributed by atoms with Gasteiger partial charge in [0, 0.05) is 19.1 Å². The third kappa shape index (κ3) is 7.70. The van der Waals surface area contributed by atoms with Crippen molar-refractivity contribution in [3.63, 3.8) is 0 Å². The molecule has 3 aromatic carbocycles. The number of methoxy groups -OCH3 is 3. The molecule has 1 atom stereocenters. The molecule has 0 aliphatic carbocycles. The second-order valence-electron chi connectivity index (χ2n) is 9.69. The van der Waals surface area contributed by atoms with Gasteiger partial charge in [-0.25, -0.2) is 4.79 Å². The van der Waals surface area contributed by atoms with E-state index in [9.17, 15) is 9.59 Å². The van der Waals surface area contributed by atoms with Crippen molar-refractivity contribution in [1.29, 1.82) is 0 Å². The fourth-order valence-corrected chi connectivity index (χ4v) is 5.07. The number of carbonyl (C=O) groups is 2. The van der Waals surface area contributed by atoms with Gasteiger partial charge in [-0.15, -0.1) is 0 Å². The van der Waals surface area contributed by atoms with Gasteiger partial charge in [0.2, 0.25) is 5.91 Å². The van der Waals surface area contributed by atoms with Gasteiger partial charge in [0.25, 0.3) is 0 Å². The molecule has 9 nitrogen and oxygen atoms in total. The highest BCUT2D eigenvalue weighted by atomic mass is 16.6. The molecule has 41 heavy (non-hydrogen) atoms. The zero-order valence-electron chi connectivity index (χ0n) is 24.1. The summed E-state index contributed by atoms with van der Waals surface area (Å²) in [6, 6.07) is 19.5. The molecule has 4 rings (SSSR count). The van der Waals surface area contributed by atoms with Crippen LogP contribution in [0.5, 0.6) is 23.0 Å². The summed E-state index contributed by atoms with van der Waals surface area (Å²) in [4.78, 5) is 27.0. The van der Waals surface area contributed by atoms with E-state index in [2.05, 4.69) is 10.2 Å². The van der Waals surface area contributed by atoms with E-state index in [1.165, 1.54) is 0 Å². The Bertz CT molecular complexity index is 1330. The van der Waals surface area contributed by atoms with Gasteiger partial charge in [-0.1, -0.05) is 36.4 Å². The first-order valence-corrected chi connectivity index (χ1v) is 13.7. The van der Waals surface area contributed by atoms with E-state index in [0.29, 0.717) is 49.1 Å². The molecule has 3 aromatic rings. The van der Waals surface area contributed by atoms with Gasteiger partial charge in [-0.2, -0.15) is 0 Å². The van der Waals surface area contributed by atoms with Crippen LogP contribution in [0, 0.1) is 0 Å². The SMILES string of the molecule is CCOC(=O)COc1ccc(CC2c3cc(OC)c(OC)cc3CCN2CC(=O)NCc2ccccc2)cc1OC. The van der Waals surface area contributed by atoms with Crippen molar-refractivity contribution in [3.05, 3.63) is 82.9 Å². The minimum absolute atomic E-state index is 0.0388. The monoisotopic (exact) mass is 562 g/mol. The van der Waals surface area contributed by atoms with Crippen LogP contribution in [-0.2, 0) is 33.7 Å². The molecule has 0 saturated carbocycles. The Labute approximate surface area is 241 Å². The first-order valence-electron chi connectivity index (χ1n) is 13.7. The normalized spacial score (nSPS) is 14.5. The molecule has 0 saturated heterocycles. The van der Waals surface area contributed by atoms with E-state index in [1.54, 1.807) is 34.3 Å². The van der Waals surface area contributed by atoms with Crippen LogP contribution >= 0.6 is 0 Å². The number of amides is 1. The molecule has 1 aliphatic rings. The maximum Gasteiger partial charge on any atom is 0.344 e. The zero-order valence-corrected chi connectivity index (χ0v) is 24.1. The van der Waals surface area contributed by atoms with Gasteiger partial charge < -0.3 is 29.0 Å². The predicted molar refractivity (Wildman–Crippen MR) is 155 cm³/mol. The number of fused-ring (bicyclic) bond motifs is 1. The largest absolute Gasteiger partial charge is 0.493 e. The Balaban J connectivity index is 1.57. The molecule has 1 aliphatic heterocycles. The minimum Gasteiger partial charge on any atom is -0.493 e. The highest BCUT2D eigenvalue weighted by Gasteiger charge is 2.31. The van der Waals surface area contributed by atoms with E-state index in [-0.39, 0.29) is 25.1 Å². The Morgan fingerprint density at radius 1 is 0.878 bits per heavy atom. The van der Waals surface area contributed by atoms with Crippen molar-refractivity contribution in [1.82, 2.24) is 10.2 Å². The van der Waals surface area contributed by atoms with Gasteiger partial charge in [0.05, 0.1) is 34.5 Å². The maximum absolute atomic E-state index is 13.1. The van der Waals surface area contributed by atoms with Gasteiger partial charge in [-0.05, 0) is 66.3 Å². The fourth-order valence-electron chi connectivity index (χ4n) is 5.07. The van der Waals surface area contributed by atoms with Crippen molar-refractivity contribution < 1.29 is 33.3 Å². The van der Waals surface area contributed by atoms with E-state index in [0.717, 1.165) is 28.7 Å². The van der Waals surface area contributed by atoms with Gasteiger partial charge in [0.15, 0.2) is 29.6 Å². The lowest BCUT2D eigenvalue weighted by molar-refractivity contribution is -0.145. The van der Waals surface area contributed by atoms with Crippen molar-refractivity contribution in [3.8, 4) is 23.0 Å². The highest BCUT2D eigenvalue weighted by Crippen LogP contribution is 2.40. The van der Waals surface area contributed by atoms with Crippen LogP contribution in [0.3, 0.4) is 0 Å². The second kappa shape index (κ2) is 14.4. The highest BCUT2D eigenvalue weighted by molar-refractivity contribution is 5.78. The lowest BCUT2D eigenvalue weighted by Crippen LogP contribution is -2.43. The number of carbonyl (C=O) groups excluding carboxylic acids is 2. The third-order valence-corrected chi connectivity index (χ3v) is 7.10. The van der Waals surface area contributed by atoms with E-state index >= 15 is 0 Å². The van der Waals surface area contributed by atoms with E-state index < -0.39 is 5.97 Å². The molecule has 218 valence electrons. The molecule has 0 radical (unpaired) electrons. The van der Waals surface area contributed by atoms with Crippen molar-refractivity contribution in [2.24, 2.45) is 0 Å². The van der Waals surface area contributed by atoms with Crippen LogP contribution < -0.4 is 24.3 Å². The quantitative estimate of drug-likeness (QED) is 0.311. The summed E-state index contributed by atoms with van der Waals surface area (Å²) in [7, 11) is 4.81. The van der Waals surface area contributed by atoms with Crippen molar-refractivity contribution in [2.45, 2.75) is 32.4 Å². The van der Waals surface area contributed by atoms with Crippen LogP contribution in [0.15, 0.2) is 60.7 Å². The first-order chi connectivity index (χ1) is 19.9. The van der Waals surface area contributed by atoms with E-state index in [1.807, 2.05) is 54.6 Å². The van der Waals surface area contributed by atoms with Crippen molar-refractivity contribution >= 4 is 11.9 Å². The Morgan fingerprint density at radius 2 is 1.59 bits per heavy atom. The van der Waals surface area contributed by atoms with Crippen LogP contribution in [0.2, 0.25) is 0 Å². The molecule has 1 N–H and O–H groups in total. The molecular weight excluding hydrogens is 524 g/mol. The van der Waals surface area contributed by atoms with Gasteiger partial charge in [-0.3, -0.25) is 9.69 Å². The number of rotatable bonds is 13. The minimum atomic E-state index is -0.442. The zero-order chi connectivity index (χ0) is 29.2. The standard InChI is InChI=1S/C32H38N2O7/c1-5-40-32(36)21-41-27-12-11-23(16-28(27)37-2)15-26-25-18-30(39-4)29(38-3)17-24(25)13-14-34(26)20-31(35)33-19-22-9-7-6-8-10-22/h6-12,16-18,26H,5,13-15,19-21H2,1-4H3,(H,33,35). The number of ether oxygens (including phenoxy) is 5. The maximum atomic E-state index is 13.1. The van der Waals surface area contributed by atoms with Gasteiger partial charge >= 0.3 is 5.97 Å². The average Bonchev–Trinajstić information content (AvgIpc) is 3.00. The van der Waals surface area contributed by atoms with Crippen LogP contribution in [0.4, 0.5) is 0 Å². The average molecular weight is 563 g/mol. The summed E-state index contributed by atoms with van der Waals surface area (Å²) in [5, 5.41) is 3.05. The smallest absolute Gasteiger partial charge is 0.344 e. The third-order valence-electron chi connectivity index (χ3n) is 7.10. The number of benzene rings is 3. The number of hydrogen-bond acceptors (Lipinski definition) is 8. The summed E-state index contributed by atoms with van der Waals surface area (Å²) < 4.78 is 27.4. The summed E-state index contributed by atoms with van der Waals surface area (Å²) >= 11 is 0.